The van der Waals surface area contributed by atoms with Crippen molar-refractivity contribution in [2.75, 3.05) is 0 Å². The standard InChI is InChI=1S/C4H5NO2.C4H5NOS/c2*1-3-2-5-4(6)7-3/h2*2H,1H3,(H,5,6). The molecule has 6 heteroatoms. The maximum absolute atomic E-state index is 10.3. The molecule has 0 saturated heterocycles. The lowest BCUT2D eigenvalue weighted by molar-refractivity contribution is 0.488. The second-order valence-corrected chi connectivity index (χ2v) is 3.80. The average molecular weight is 214 g/mol. The van der Waals surface area contributed by atoms with Crippen LogP contribution >= 0.6 is 11.3 Å². The van der Waals surface area contributed by atoms with E-state index in [0.29, 0.717) is 5.76 Å². The minimum atomic E-state index is -0.391. The Kier molecular flexibility index (Phi) is 3.47. The molecule has 0 radical (unpaired) electrons. The van der Waals surface area contributed by atoms with Gasteiger partial charge in [0.15, 0.2) is 0 Å². The molecule has 0 atom stereocenters. The van der Waals surface area contributed by atoms with Gasteiger partial charge in [0.25, 0.3) is 0 Å². The highest BCUT2D eigenvalue weighted by Crippen LogP contribution is 1.93. The molecule has 14 heavy (non-hydrogen) atoms. The summed E-state index contributed by atoms with van der Waals surface area (Å²) in [7, 11) is 0. The Bertz CT molecular complexity index is 444. The van der Waals surface area contributed by atoms with Crippen LogP contribution in [-0.4, -0.2) is 9.97 Å². The molecule has 76 valence electrons. The first-order valence-electron chi connectivity index (χ1n) is 3.88. The summed E-state index contributed by atoms with van der Waals surface area (Å²) in [6, 6.07) is 0. The molecule has 0 aromatic carbocycles. The maximum Gasteiger partial charge on any atom is 0.416 e. The lowest BCUT2D eigenvalue weighted by Crippen LogP contribution is -1.92. The summed E-state index contributed by atoms with van der Waals surface area (Å²) in [6.45, 7) is 3.60. The normalized spacial score (nSPS) is 9.29. The van der Waals surface area contributed by atoms with Crippen LogP contribution in [0.2, 0.25) is 0 Å². The van der Waals surface area contributed by atoms with Crippen molar-refractivity contribution in [1.82, 2.24) is 9.97 Å². The molecular weight excluding hydrogens is 204 g/mol. The summed E-state index contributed by atoms with van der Waals surface area (Å²) < 4.78 is 4.47. The minimum Gasteiger partial charge on any atom is -0.413 e. The number of rotatable bonds is 0. The van der Waals surface area contributed by atoms with Crippen molar-refractivity contribution >= 4 is 11.3 Å². The number of aromatic amines is 2. The van der Waals surface area contributed by atoms with Crippen molar-refractivity contribution in [3.8, 4) is 0 Å². The number of oxazole rings is 1. The molecule has 0 unspecified atom stereocenters. The van der Waals surface area contributed by atoms with E-state index in [9.17, 15) is 9.59 Å². The van der Waals surface area contributed by atoms with E-state index in [1.54, 1.807) is 13.1 Å². The van der Waals surface area contributed by atoms with Crippen LogP contribution < -0.4 is 10.6 Å². The fourth-order valence-corrected chi connectivity index (χ4v) is 1.26. The van der Waals surface area contributed by atoms with E-state index in [4.69, 9.17) is 0 Å². The fraction of sp³-hybridized carbons (Fsp3) is 0.250. The van der Waals surface area contributed by atoms with Gasteiger partial charge >= 0.3 is 10.6 Å². The Morgan fingerprint density at radius 1 is 1.21 bits per heavy atom. The smallest absolute Gasteiger partial charge is 0.413 e. The predicted octanol–water partition coefficient (Wildman–Crippen LogP) is 1.02. The second kappa shape index (κ2) is 4.61. The Hall–Kier alpha value is -1.56. The van der Waals surface area contributed by atoms with Gasteiger partial charge in [0.1, 0.15) is 5.76 Å². The van der Waals surface area contributed by atoms with Crippen LogP contribution in [0.5, 0.6) is 0 Å². The number of aromatic nitrogens is 2. The monoisotopic (exact) mass is 214 g/mol. The van der Waals surface area contributed by atoms with Crippen molar-refractivity contribution < 1.29 is 4.42 Å². The van der Waals surface area contributed by atoms with Crippen LogP contribution in [-0.2, 0) is 0 Å². The zero-order valence-corrected chi connectivity index (χ0v) is 8.60. The molecule has 2 aromatic rings. The zero-order valence-electron chi connectivity index (χ0n) is 7.79. The van der Waals surface area contributed by atoms with Crippen LogP contribution in [0.3, 0.4) is 0 Å². The third kappa shape index (κ3) is 3.44. The first-order valence-corrected chi connectivity index (χ1v) is 4.70. The fourth-order valence-electron chi connectivity index (χ4n) is 0.731. The summed E-state index contributed by atoms with van der Waals surface area (Å²) >= 11 is 1.23. The van der Waals surface area contributed by atoms with Gasteiger partial charge in [-0.15, -0.1) is 0 Å². The summed E-state index contributed by atoms with van der Waals surface area (Å²) in [5, 5.41) is 0. The molecule has 2 N–H and O–H groups in total. The average Bonchev–Trinajstić information content (AvgIpc) is 2.63. The van der Waals surface area contributed by atoms with Crippen LogP contribution in [0, 0.1) is 13.8 Å². The SMILES string of the molecule is Cc1c[nH]c(=O)o1.Cc1c[nH]c(=O)s1. The third-order valence-corrected chi connectivity index (χ3v) is 2.04. The van der Waals surface area contributed by atoms with Crippen LogP contribution in [0.15, 0.2) is 26.4 Å². The number of aryl methyl sites for hydroxylation is 2. The lowest BCUT2D eigenvalue weighted by Gasteiger charge is -1.65. The molecule has 2 rings (SSSR count). The van der Waals surface area contributed by atoms with Gasteiger partial charge in [0.05, 0.1) is 0 Å². The van der Waals surface area contributed by atoms with E-state index in [2.05, 4.69) is 14.4 Å². The van der Waals surface area contributed by atoms with Crippen LogP contribution in [0.25, 0.3) is 0 Å². The summed E-state index contributed by atoms with van der Waals surface area (Å²) in [5.41, 5.74) is 0. The van der Waals surface area contributed by atoms with E-state index < -0.39 is 5.76 Å². The summed E-state index contributed by atoms with van der Waals surface area (Å²) in [6.07, 6.45) is 3.22. The molecule has 2 heterocycles. The first kappa shape index (κ1) is 10.5. The number of nitrogens with one attached hydrogen (secondary N) is 2. The van der Waals surface area contributed by atoms with Crippen molar-refractivity contribution in [3.63, 3.8) is 0 Å². The highest BCUT2D eigenvalue weighted by molar-refractivity contribution is 7.09. The number of hydrogen-bond acceptors (Lipinski definition) is 4. The van der Waals surface area contributed by atoms with E-state index in [1.807, 2.05) is 6.92 Å². The van der Waals surface area contributed by atoms with Gasteiger partial charge in [-0.2, -0.15) is 0 Å². The van der Waals surface area contributed by atoms with E-state index >= 15 is 0 Å². The van der Waals surface area contributed by atoms with E-state index in [1.165, 1.54) is 17.5 Å². The molecule has 5 nitrogen and oxygen atoms in total. The van der Waals surface area contributed by atoms with Crippen molar-refractivity contribution in [1.29, 1.82) is 0 Å². The van der Waals surface area contributed by atoms with E-state index in [-0.39, 0.29) is 4.87 Å². The van der Waals surface area contributed by atoms with E-state index in [0.717, 1.165) is 4.88 Å². The van der Waals surface area contributed by atoms with Gasteiger partial charge in [0, 0.05) is 17.3 Å². The largest absolute Gasteiger partial charge is 0.416 e. The Morgan fingerprint density at radius 2 is 1.93 bits per heavy atom. The van der Waals surface area contributed by atoms with Crippen molar-refractivity contribution in [2.45, 2.75) is 13.8 Å². The third-order valence-electron chi connectivity index (χ3n) is 1.29. The van der Waals surface area contributed by atoms with Gasteiger partial charge in [-0.1, -0.05) is 11.3 Å². The van der Waals surface area contributed by atoms with Gasteiger partial charge < -0.3 is 9.40 Å². The lowest BCUT2D eigenvalue weighted by atomic mass is 10.6. The summed E-state index contributed by atoms with van der Waals surface area (Å²) in [4.78, 5) is 26.3. The molecule has 0 amide bonds. The number of H-pyrrole nitrogens is 2. The van der Waals surface area contributed by atoms with Gasteiger partial charge in [0.2, 0.25) is 0 Å². The quantitative estimate of drug-likeness (QED) is 0.687. The number of thiazole rings is 1. The first-order chi connectivity index (χ1) is 6.58. The maximum atomic E-state index is 10.3. The van der Waals surface area contributed by atoms with Crippen LogP contribution in [0.4, 0.5) is 0 Å². The highest BCUT2D eigenvalue weighted by atomic mass is 32.1. The topological polar surface area (TPSA) is 78.9 Å². The van der Waals surface area contributed by atoms with Crippen molar-refractivity contribution in [3.05, 3.63) is 43.2 Å². The molecule has 0 aliphatic carbocycles. The second-order valence-electron chi connectivity index (χ2n) is 2.58. The van der Waals surface area contributed by atoms with Gasteiger partial charge in [-0.3, -0.25) is 9.78 Å². The van der Waals surface area contributed by atoms with Gasteiger partial charge in [-0.25, -0.2) is 4.79 Å². The summed E-state index contributed by atoms with van der Waals surface area (Å²) in [5.74, 6) is 0.225. The molecule has 0 aliphatic rings. The predicted molar refractivity (Wildman–Crippen MR) is 53.7 cm³/mol. The highest BCUT2D eigenvalue weighted by Gasteiger charge is 1.85. The van der Waals surface area contributed by atoms with Gasteiger partial charge in [-0.05, 0) is 13.8 Å². The molecule has 0 spiro atoms. The number of hydrogen-bond donors (Lipinski definition) is 2. The van der Waals surface area contributed by atoms with Crippen molar-refractivity contribution in [2.24, 2.45) is 0 Å². The molecule has 0 saturated carbocycles. The molecule has 2 aromatic heterocycles. The minimum absolute atomic E-state index is 0.0255. The Labute approximate surface area is 83.4 Å². The molecule has 0 fully saturated rings. The molecular formula is C8H10N2O3S. The molecule has 0 bridgehead atoms. The zero-order chi connectivity index (χ0) is 10.6. The Balaban J connectivity index is 0.000000140. The van der Waals surface area contributed by atoms with Crippen LogP contribution in [0.1, 0.15) is 10.6 Å². The molecule has 0 aliphatic heterocycles. The Morgan fingerprint density at radius 3 is 2.07 bits per heavy atom.